The van der Waals surface area contributed by atoms with E-state index in [1.165, 1.54) is 7.11 Å². The lowest BCUT2D eigenvalue weighted by Crippen LogP contribution is -2.43. The summed E-state index contributed by atoms with van der Waals surface area (Å²) in [5.74, 6) is -0.468. The molecule has 0 N–H and O–H groups in total. The molecule has 3 nitrogen and oxygen atoms in total. The molecule has 0 aliphatic carbocycles. The van der Waals surface area contributed by atoms with Gasteiger partial charge in [0.25, 0.3) is 0 Å². The quantitative estimate of drug-likeness (QED) is 0.155. The number of hydrogen-bond donors (Lipinski definition) is 0. The lowest BCUT2D eigenvalue weighted by molar-refractivity contribution is -0.137. The minimum Gasteiger partial charge on any atom is -0.466 e. The van der Waals surface area contributed by atoms with Crippen LogP contribution in [-0.2, 0) is 14.0 Å². The van der Waals surface area contributed by atoms with Gasteiger partial charge in [-0.05, 0) is 36.2 Å². The number of methoxy groups -OCH3 is 1. The van der Waals surface area contributed by atoms with E-state index in [9.17, 15) is 4.79 Å². The van der Waals surface area contributed by atoms with Crippen molar-refractivity contribution in [2.45, 2.75) is 77.6 Å². The first-order chi connectivity index (χ1) is 13.0. The third-order valence-corrected chi connectivity index (χ3v) is 11.0. The Morgan fingerprint density at radius 1 is 1.21 bits per heavy atom. The summed E-state index contributed by atoms with van der Waals surface area (Å²) in [5.41, 5.74) is 1.57. The van der Waals surface area contributed by atoms with Crippen molar-refractivity contribution < 1.29 is 14.0 Å². The number of halogens is 1. The monoisotopic (exact) mass is 468 g/mol. The molecule has 0 fully saturated rings. The molecule has 0 amide bonds. The fourth-order valence-corrected chi connectivity index (χ4v) is 4.76. The van der Waals surface area contributed by atoms with E-state index >= 15 is 0 Å². The second kappa shape index (κ2) is 10.7. The molecule has 0 saturated heterocycles. The maximum atomic E-state index is 12.4. The lowest BCUT2D eigenvalue weighted by Gasteiger charge is -2.42. The number of carbonyl (C=O) groups excluding carboxylic acids is 1. The van der Waals surface area contributed by atoms with Crippen LogP contribution in [0.15, 0.2) is 40.9 Å². The first kappa shape index (κ1) is 25.1. The van der Waals surface area contributed by atoms with E-state index in [0.29, 0.717) is 5.57 Å². The number of unbranched alkanes of at least 4 members (excludes halogenated alkanes) is 2. The van der Waals surface area contributed by atoms with Crippen molar-refractivity contribution in [2.24, 2.45) is 5.92 Å². The van der Waals surface area contributed by atoms with Gasteiger partial charge in [-0.3, -0.25) is 0 Å². The molecule has 0 aromatic heterocycles. The van der Waals surface area contributed by atoms with Crippen molar-refractivity contribution in [1.82, 2.24) is 0 Å². The van der Waals surface area contributed by atoms with Crippen LogP contribution in [0.2, 0.25) is 18.1 Å². The van der Waals surface area contributed by atoms with Crippen molar-refractivity contribution in [3.05, 3.63) is 46.5 Å². The molecule has 0 saturated carbocycles. The van der Waals surface area contributed by atoms with Crippen molar-refractivity contribution in [3.8, 4) is 0 Å². The molecule has 0 bridgehead atoms. The molecule has 1 aromatic rings. The predicted octanol–water partition coefficient (Wildman–Crippen LogP) is 7.44. The second-order valence-electron chi connectivity index (χ2n) is 8.94. The Hall–Kier alpha value is -0.913. The number of ether oxygens (including phenoxy) is 1. The van der Waals surface area contributed by atoms with Crippen LogP contribution in [0.5, 0.6) is 0 Å². The van der Waals surface area contributed by atoms with Gasteiger partial charge in [-0.2, -0.15) is 0 Å². The summed E-state index contributed by atoms with van der Waals surface area (Å²) in [6.07, 6.45) is 3.88. The molecule has 5 heteroatoms. The highest BCUT2D eigenvalue weighted by atomic mass is 79.9. The zero-order valence-corrected chi connectivity index (χ0v) is 21.2. The van der Waals surface area contributed by atoms with Gasteiger partial charge in [-0.1, -0.05) is 87.7 Å². The van der Waals surface area contributed by atoms with Crippen molar-refractivity contribution in [2.75, 3.05) is 7.11 Å². The lowest BCUT2D eigenvalue weighted by atomic mass is 9.85. The molecule has 0 radical (unpaired) electrons. The molecule has 158 valence electrons. The average Bonchev–Trinajstić information content (AvgIpc) is 2.62. The maximum Gasteiger partial charge on any atom is 0.333 e. The third-order valence-electron chi connectivity index (χ3n) is 5.82. The molecular formula is C23H37BrO3Si. The van der Waals surface area contributed by atoms with Crippen LogP contribution in [0.25, 0.3) is 0 Å². The fraction of sp³-hybridized carbons (Fsp3) is 0.609. The zero-order chi connectivity index (χ0) is 21.5. The SMILES string of the molecule is C=C(C(=O)OC)[C@H](CCCCC)[C@@H](O[Si](C)(C)C(C)(C)C)c1ccccc1Br. The molecule has 0 aliphatic heterocycles. The summed E-state index contributed by atoms with van der Waals surface area (Å²) in [4.78, 5) is 12.4. The first-order valence-corrected chi connectivity index (χ1v) is 13.9. The van der Waals surface area contributed by atoms with Crippen molar-refractivity contribution >= 4 is 30.2 Å². The van der Waals surface area contributed by atoms with Gasteiger partial charge in [-0.15, -0.1) is 0 Å². The first-order valence-electron chi connectivity index (χ1n) is 10.2. The van der Waals surface area contributed by atoms with Gasteiger partial charge >= 0.3 is 5.97 Å². The van der Waals surface area contributed by atoms with E-state index in [0.717, 1.165) is 35.7 Å². The zero-order valence-electron chi connectivity index (χ0n) is 18.6. The van der Waals surface area contributed by atoms with Crippen molar-refractivity contribution in [3.63, 3.8) is 0 Å². The van der Waals surface area contributed by atoms with Gasteiger partial charge in [0.15, 0.2) is 8.32 Å². The highest BCUT2D eigenvalue weighted by Crippen LogP contribution is 2.45. The van der Waals surface area contributed by atoms with Crippen LogP contribution in [0.3, 0.4) is 0 Å². The molecule has 1 rings (SSSR count). The summed E-state index contributed by atoms with van der Waals surface area (Å²) in [5, 5.41) is 0.0626. The summed E-state index contributed by atoms with van der Waals surface area (Å²) < 4.78 is 12.9. The van der Waals surface area contributed by atoms with Crippen LogP contribution in [0.4, 0.5) is 0 Å². The Balaban J connectivity index is 3.43. The van der Waals surface area contributed by atoms with Gasteiger partial charge in [0.1, 0.15) is 0 Å². The molecule has 28 heavy (non-hydrogen) atoms. The van der Waals surface area contributed by atoms with Gasteiger partial charge in [0, 0.05) is 16.0 Å². The van der Waals surface area contributed by atoms with Crippen LogP contribution < -0.4 is 0 Å². The van der Waals surface area contributed by atoms with Crippen LogP contribution >= 0.6 is 15.9 Å². The molecular weight excluding hydrogens is 432 g/mol. The predicted molar refractivity (Wildman–Crippen MR) is 124 cm³/mol. The van der Waals surface area contributed by atoms with E-state index in [2.05, 4.69) is 69.4 Å². The smallest absolute Gasteiger partial charge is 0.333 e. The normalized spacial score (nSPS) is 14.4. The summed E-state index contributed by atoms with van der Waals surface area (Å²) >= 11 is 3.70. The Morgan fingerprint density at radius 3 is 2.32 bits per heavy atom. The summed E-state index contributed by atoms with van der Waals surface area (Å²) in [7, 11) is -0.673. The van der Waals surface area contributed by atoms with Crippen LogP contribution in [0, 0.1) is 5.92 Å². The molecule has 0 unspecified atom stereocenters. The summed E-state index contributed by atoms with van der Waals surface area (Å²) in [6, 6.07) is 8.13. The Bertz CT molecular complexity index is 664. The molecule has 0 heterocycles. The van der Waals surface area contributed by atoms with E-state index in [1.54, 1.807) is 0 Å². The van der Waals surface area contributed by atoms with E-state index in [-0.39, 0.29) is 23.0 Å². The van der Waals surface area contributed by atoms with Gasteiger partial charge in [-0.25, -0.2) is 4.79 Å². The number of carbonyl (C=O) groups is 1. The summed E-state index contributed by atoms with van der Waals surface area (Å²) in [6.45, 7) is 17.5. The van der Waals surface area contributed by atoms with E-state index < -0.39 is 8.32 Å². The average molecular weight is 470 g/mol. The fourth-order valence-electron chi connectivity index (χ4n) is 2.97. The number of benzene rings is 1. The molecule has 1 aromatic carbocycles. The van der Waals surface area contributed by atoms with Gasteiger partial charge in [0.2, 0.25) is 0 Å². The largest absolute Gasteiger partial charge is 0.466 e. The minimum atomic E-state index is -2.09. The number of hydrogen-bond acceptors (Lipinski definition) is 3. The minimum absolute atomic E-state index is 0.0626. The van der Waals surface area contributed by atoms with Crippen LogP contribution in [0.1, 0.15) is 65.0 Å². The Morgan fingerprint density at radius 2 is 1.82 bits per heavy atom. The number of esters is 1. The molecule has 0 aliphatic rings. The highest BCUT2D eigenvalue weighted by Gasteiger charge is 2.42. The third kappa shape index (κ3) is 6.56. The highest BCUT2D eigenvalue weighted by molar-refractivity contribution is 9.10. The van der Waals surface area contributed by atoms with E-state index in [1.807, 2.05) is 18.2 Å². The second-order valence-corrected chi connectivity index (χ2v) is 14.6. The van der Waals surface area contributed by atoms with Gasteiger partial charge in [0.05, 0.1) is 13.2 Å². The molecule has 0 spiro atoms. The Labute approximate surface area is 181 Å². The van der Waals surface area contributed by atoms with Crippen LogP contribution in [-0.4, -0.2) is 21.4 Å². The van der Waals surface area contributed by atoms with Gasteiger partial charge < -0.3 is 9.16 Å². The Kier molecular flexibility index (Phi) is 9.64. The van der Waals surface area contributed by atoms with Crippen molar-refractivity contribution in [1.29, 1.82) is 0 Å². The number of rotatable bonds is 10. The molecule has 2 atom stereocenters. The topological polar surface area (TPSA) is 35.5 Å². The standard InChI is InChI=1S/C23H37BrO3Si/c1-9-10-11-14-18(17(2)22(25)26-6)21(19-15-12-13-16-20(19)24)27-28(7,8)23(3,4)5/h12-13,15-16,18,21H,2,9-11,14H2,1,3-8H3/t18-,21+/m0/s1. The maximum absolute atomic E-state index is 12.4. The van der Waals surface area contributed by atoms with E-state index in [4.69, 9.17) is 9.16 Å².